The fourth-order valence-corrected chi connectivity index (χ4v) is 4.25. The average molecular weight is 696 g/mol. The minimum atomic E-state index is -0.0635. The van der Waals surface area contributed by atoms with E-state index in [1.807, 2.05) is 54.9 Å². The van der Waals surface area contributed by atoms with E-state index >= 15 is 0 Å². The first-order chi connectivity index (χ1) is 18.1. The van der Waals surface area contributed by atoms with Gasteiger partial charge < -0.3 is 20.4 Å². The number of hydrogen-bond donors (Lipinski definition) is 0. The van der Waals surface area contributed by atoms with Crippen molar-refractivity contribution in [2.24, 2.45) is 0 Å². The van der Waals surface area contributed by atoms with E-state index in [-0.39, 0.29) is 31.9 Å². The van der Waals surface area contributed by atoms with E-state index in [1.165, 1.54) is 5.56 Å². The van der Waals surface area contributed by atoms with Crippen LogP contribution < -0.4 is 10.2 Å². The van der Waals surface area contributed by atoms with E-state index in [9.17, 15) is 0 Å². The molecule has 7 heteroatoms. The van der Waals surface area contributed by atoms with Gasteiger partial charge in [-0.25, -0.2) is 0 Å². The van der Waals surface area contributed by atoms with E-state index in [2.05, 4.69) is 97.3 Å². The molecule has 0 aliphatic heterocycles. The third-order valence-corrected chi connectivity index (χ3v) is 6.50. The van der Waals surface area contributed by atoms with Gasteiger partial charge in [-0.15, -0.1) is 0 Å². The molecule has 39 heavy (non-hydrogen) atoms. The maximum atomic E-state index is 4.95. The fraction of sp³-hybridized carbons (Fsp3) is 0.250. The van der Waals surface area contributed by atoms with Crippen molar-refractivity contribution in [2.45, 2.75) is 52.4 Å². The second-order valence-corrected chi connectivity index (χ2v) is 11.5. The summed E-state index contributed by atoms with van der Waals surface area (Å²) in [5.74, 6) is 0. The molecule has 6 aromatic rings. The molecule has 6 nitrogen and oxygen atoms in total. The predicted octanol–water partition coefficient (Wildman–Crippen LogP) is 7.10. The van der Waals surface area contributed by atoms with Crippen molar-refractivity contribution >= 4 is 21.7 Å². The molecule has 0 amide bonds. The number of fused-ring (bicyclic) bond motifs is 2. The molecule has 6 rings (SSSR count). The van der Waals surface area contributed by atoms with Crippen molar-refractivity contribution in [1.29, 1.82) is 0 Å². The Labute approximate surface area is 244 Å². The van der Waals surface area contributed by atoms with Crippen LogP contribution in [0.2, 0.25) is 0 Å². The van der Waals surface area contributed by atoms with Gasteiger partial charge in [0.2, 0.25) is 0 Å². The Hall–Kier alpha value is -3.63. The fourth-order valence-electron chi connectivity index (χ4n) is 4.25. The van der Waals surface area contributed by atoms with Crippen molar-refractivity contribution in [3.63, 3.8) is 0 Å². The minimum Gasteiger partial charge on any atom is -0.573 e. The third kappa shape index (κ3) is 6.17. The summed E-state index contributed by atoms with van der Waals surface area (Å²) in [7, 11) is 0. The Morgan fingerprint density at radius 3 is 1.97 bits per heavy atom. The molecule has 0 saturated carbocycles. The Bertz CT molecular complexity index is 1690. The van der Waals surface area contributed by atoms with Crippen molar-refractivity contribution in [3.05, 3.63) is 96.4 Å². The van der Waals surface area contributed by atoms with Crippen LogP contribution in [0.4, 0.5) is 0 Å². The van der Waals surface area contributed by atoms with E-state index < -0.39 is 0 Å². The number of pyridine rings is 2. The van der Waals surface area contributed by atoms with Crippen LogP contribution in [0.25, 0.3) is 44.5 Å². The van der Waals surface area contributed by atoms with Crippen LogP contribution in [0, 0.1) is 0 Å². The molecule has 4 aromatic heterocycles. The van der Waals surface area contributed by atoms with E-state index in [4.69, 9.17) is 4.98 Å². The first-order valence-electron chi connectivity index (χ1n) is 12.8. The second kappa shape index (κ2) is 11.2. The Kier molecular flexibility index (Phi) is 8.17. The van der Waals surface area contributed by atoms with Gasteiger partial charge in [-0.1, -0.05) is 101 Å². The molecule has 0 unspecified atom stereocenters. The standard InChI is InChI=1S/C23H19N5.C9H13N.Pt/c1-23(2,3)20-13-19(26-27-20)21-15-9-5-4-8-14(15)12-18(24-21)22-16-10-6-7-11-17(16)25-28-22;1-9(2,3)8-4-6-10-7-5-8;/h4-13H,1-3H3;4-7H,1-3H3;/q-2;;+2. The summed E-state index contributed by atoms with van der Waals surface area (Å²) in [6.45, 7) is 13.0. The Morgan fingerprint density at radius 1 is 0.667 bits per heavy atom. The van der Waals surface area contributed by atoms with Crippen molar-refractivity contribution in [3.8, 4) is 22.8 Å². The van der Waals surface area contributed by atoms with Gasteiger partial charge in [0.05, 0.1) is 11.4 Å². The number of rotatable bonds is 2. The summed E-state index contributed by atoms with van der Waals surface area (Å²) in [6.07, 6.45) is 3.67. The molecule has 0 radical (unpaired) electrons. The Balaban J connectivity index is 0.000000273. The van der Waals surface area contributed by atoms with Gasteiger partial charge >= 0.3 is 21.1 Å². The first kappa shape index (κ1) is 28.4. The smallest absolute Gasteiger partial charge is 0.573 e. The third-order valence-electron chi connectivity index (χ3n) is 6.50. The zero-order valence-corrected chi connectivity index (χ0v) is 25.4. The normalized spacial score (nSPS) is 11.6. The number of aromatic nitrogens is 6. The van der Waals surface area contributed by atoms with Crippen molar-refractivity contribution in [1.82, 2.24) is 30.4 Å². The number of hydrogen-bond acceptors (Lipinski definition) is 4. The molecular weight excluding hydrogens is 663 g/mol. The van der Waals surface area contributed by atoms with Gasteiger partial charge in [-0.2, -0.15) is 0 Å². The molecule has 0 bridgehead atoms. The van der Waals surface area contributed by atoms with Gasteiger partial charge in [0.1, 0.15) is 0 Å². The summed E-state index contributed by atoms with van der Waals surface area (Å²) >= 11 is 0. The second-order valence-electron chi connectivity index (χ2n) is 11.5. The summed E-state index contributed by atoms with van der Waals surface area (Å²) in [5, 5.41) is 20.7. The van der Waals surface area contributed by atoms with Crippen molar-refractivity contribution in [2.75, 3.05) is 0 Å². The van der Waals surface area contributed by atoms with Gasteiger partial charge in [-0.3, -0.25) is 9.97 Å². The summed E-state index contributed by atoms with van der Waals surface area (Å²) < 4.78 is 0. The number of nitrogens with zero attached hydrogens (tertiary/aromatic N) is 6. The van der Waals surface area contributed by atoms with E-state index in [0.717, 1.165) is 50.1 Å². The maximum absolute atomic E-state index is 4.95. The molecule has 0 atom stereocenters. The van der Waals surface area contributed by atoms with Gasteiger partial charge in [0.25, 0.3) is 0 Å². The van der Waals surface area contributed by atoms with E-state index in [1.54, 1.807) is 0 Å². The zero-order chi connectivity index (χ0) is 26.9. The van der Waals surface area contributed by atoms with Crippen LogP contribution in [-0.4, -0.2) is 20.2 Å². The summed E-state index contributed by atoms with van der Waals surface area (Å²) in [5.41, 5.74) is 6.54. The topological polar surface area (TPSA) is 79.8 Å². The number of benzene rings is 2. The first-order valence-corrected chi connectivity index (χ1v) is 12.8. The van der Waals surface area contributed by atoms with Crippen LogP contribution >= 0.6 is 0 Å². The van der Waals surface area contributed by atoms with Gasteiger partial charge in [-0.05, 0) is 46.0 Å². The zero-order valence-electron chi connectivity index (χ0n) is 23.1. The summed E-state index contributed by atoms with van der Waals surface area (Å²) in [6, 6.07) is 24.4. The van der Waals surface area contributed by atoms with Gasteiger partial charge in [0, 0.05) is 34.4 Å². The predicted molar refractivity (Wildman–Crippen MR) is 154 cm³/mol. The molecule has 0 spiro atoms. The van der Waals surface area contributed by atoms with Crippen LogP contribution in [0.15, 0.2) is 85.2 Å². The minimum absolute atomic E-state index is 0. The van der Waals surface area contributed by atoms with Crippen molar-refractivity contribution < 1.29 is 21.1 Å². The SMILES string of the molecule is CC(C)(C)c1cc(-c2nc(-c3[n-]nc4ccccc34)cc3ccccc23)[n-]n1.CC(C)(C)c1ccncc1.[Pt+2]. The monoisotopic (exact) mass is 695 g/mol. The molecule has 2 aromatic carbocycles. The van der Waals surface area contributed by atoms with Gasteiger partial charge in [0.15, 0.2) is 0 Å². The van der Waals surface area contributed by atoms with Crippen LogP contribution in [-0.2, 0) is 31.9 Å². The van der Waals surface area contributed by atoms with E-state index in [0.29, 0.717) is 0 Å². The molecule has 0 N–H and O–H groups in total. The van der Waals surface area contributed by atoms with Crippen LogP contribution in [0.3, 0.4) is 0 Å². The molecule has 0 saturated heterocycles. The molecule has 200 valence electrons. The van der Waals surface area contributed by atoms with Crippen LogP contribution in [0.1, 0.15) is 52.8 Å². The molecule has 4 heterocycles. The summed E-state index contributed by atoms with van der Waals surface area (Å²) in [4.78, 5) is 8.91. The van der Waals surface area contributed by atoms with Crippen LogP contribution in [0.5, 0.6) is 0 Å². The average Bonchev–Trinajstić information content (AvgIpc) is 3.57. The molecule has 0 aliphatic carbocycles. The largest absolute Gasteiger partial charge is 2.00 e. The molecule has 0 aliphatic rings. The molecule has 0 fully saturated rings. The quantitative estimate of drug-likeness (QED) is 0.192. The maximum Gasteiger partial charge on any atom is 2.00 e. The Morgan fingerprint density at radius 2 is 1.33 bits per heavy atom. The molecular formula is C32H32N6Pt.